The van der Waals surface area contributed by atoms with Gasteiger partial charge in [-0.25, -0.2) is 10.0 Å². The molecular formula is C30H24N4OS. The van der Waals surface area contributed by atoms with E-state index in [9.17, 15) is 4.79 Å². The highest BCUT2D eigenvalue weighted by atomic mass is 32.2. The molecule has 0 N–H and O–H groups in total. The highest BCUT2D eigenvalue weighted by Crippen LogP contribution is 2.54. The maximum Gasteiger partial charge on any atom is 0.234 e. The van der Waals surface area contributed by atoms with Gasteiger partial charge in [0.25, 0.3) is 0 Å². The van der Waals surface area contributed by atoms with Gasteiger partial charge in [-0.05, 0) is 43.0 Å². The molecule has 0 saturated heterocycles. The zero-order valence-corrected chi connectivity index (χ0v) is 20.8. The van der Waals surface area contributed by atoms with Gasteiger partial charge in [0.2, 0.25) is 4.99 Å². The van der Waals surface area contributed by atoms with E-state index in [-0.39, 0.29) is 5.78 Å². The van der Waals surface area contributed by atoms with Crippen molar-refractivity contribution in [1.82, 2.24) is 0 Å². The van der Waals surface area contributed by atoms with Crippen LogP contribution in [0.2, 0.25) is 0 Å². The van der Waals surface area contributed by atoms with Gasteiger partial charge in [-0.2, -0.15) is 10.2 Å². The molecule has 0 aromatic heterocycles. The third-order valence-electron chi connectivity index (χ3n) is 6.36. The second kappa shape index (κ2) is 8.81. The maximum atomic E-state index is 12.7. The van der Waals surface area contributed by atoms with Crippen molar-refractivity contribution in [1.29, 1.82) is 0 Å². The van der Waals surface area contributed by atoms with Crippen LogP contribution in [0.25, 0.3) is 0 Å². The molecule has 0 fully saturated rings. The number of ketones is 1. The molecule has 0 unspecified atom stereocenters. The number of Topliss-reactive ketones (excluding diaryl/α,β-unsaturated/α-hetero) is 1. The third-order valence-corrected chi connectivity index (χ3v) is 7.78. The lowest BCUT2D eigenvalue weighted by Gasteiger charge is -2.47. The van der Waals surface area contributed by atoms with Gasteiger partial charge in [-0.3, -0.25) is 4.79 Å². The molecule has 4 aromatic rings. The first kappa shape index (κ1) is 22.3. The van der Waals surface area contributed by atoms with Gasteiger partial charge >= 0.3 is 0 Å². The number of hydrogen-bond acceptors (Lipinski definition) is 6. The lowest BCUT2D eigenvalue weighted by molar-refractivity contribution is -0.110. The number of thioether (sulfide) groups is 1. The van der Waals surface area contributed by atoms with Crippen LogP contribution >= 0.6 is 11.8 Å². The number of carbonyl (C=O) groups is 1. The van der Waals surface area contributed by atoms with Crippen LogP contribution < -0.4 is 10.0 Å². The molecule has 0 bridgehead atoms. The summed E-state index contributed by atoms with van der Waals surface area (Å²) in [5.74, 6) is -0.0726. The first-order chi connectivity index (χ1) is 17.6. The minimum absolute atomic E-state index is 0.0726. The van der Waals surface area contributed by atoms with Crippen LogP contribution in [0.3, 0.4) is 0 Å². The molecule has 36 heavy (non-hydrogen) atoms. The fourth-order valence-electron chi connectivity index (χ4n) is 4.64. The van der Waals surface area contributed by atoms with E-state index in [2.05, 4.69) is 43.3 Å². The second-order valence-electron chi connectivity index (χ2n) is 8.83. The van der Waals surface area contributed by atoms with Crippen molar-refractivity contribution in [2.24, 2.45) is 10.2 Å². The fourth-order valence-corrected chi connectivity index (χ4v) is 5.93. The summed E-state index contributed by atoms with van der Waals surface area (Å²) in [4.78, 5) is 11.8. The van der Waals surface area contributed by atoms with Gasteiger partial charge in [0.1, 0.15) is 0 Å². The van der Waals surface area contributed by atoms with Crippen molar-refractivity contribution in [3.8, 4) is 0 Å². The Bertz CT molecular complexity index is 1500. The summed E-state index contributed by atoms with van der Waals surface area (Å²) in [6.07, 6.45) is 0. The minimum Gasteiger partial charge on any atom is -0.292 e. The molecule has 5 nitrogen and oxygen atoms in total. The smallest absolute Gasteiger partial charge is 0.234 e. The van der Waals surface area contributed by atoms with Gasteiger partial charge in [0, 0.05) is 23.6 Å². The van der Waals surface area contributed by atoms with Crippen molar-refractivity contribution in [3.63, 3.8) is 0 Å². The van der Waals surface area contributed by atoms with Gasteiger partial charge in [-0.15, -0.1) is 0 Å². The molecule has 0 aliphatic carbocycles. The maximum absolute atomic E-state index is 12.7. The summed E-state index contributed by atoms with van der Waals surface area (Å²) < 4.78 is 0. The zero-order chi connectivity index (χ0) is 24.7. The molecule has 4 aromatic carbocycles. The van der Waals surface area contributed by atoms with Gasteiger partial charge in [-0.1, -0.05) is 90.5 Å². The summed E-state index contributed by atoms with van der Waals surface area (Å²) >= 11 is 1.44. The Morgan fingerprint density at radius 1 is 0.722 bits per heavy atom. The Morgan fingerprint density at radius 2 is 1.28 bits per heavy atom. The zero-order valence-electron chi connectivity index (χ0n) is 20.0. The second-order valence-corrected chi connectivity index (χ2v) is 9.99. The van der Waals surface area contributed by atoms with E-state index in [1.165, 1.54) is 17.3 Å². The van der Waals surface area contributed by atoms with Crippen LogP contribution in [0.4, 0.5) is 11.4 Å². The molecule has 2 heterocycles. The number of carbonyl (C=O) groups excluding carboxylic acids is 1. The SMILES string of the molecule is CC(=O)C1=NN(c2ccccc2)[C@@]2(S1)c1ccccc1C(c1ccc(C)cc1)=NN2c1ccccc1. The lowest BCUT2D eigenvalue weighted by atomic mass is 9.93. The number of anilines is 2. The van der Waals surface area contributed by atoms with Crippen molar-refractivity contribution < 1.29 is 4.79 Å². The average Bonchev–Trinajstić information content (AvgIpc) is 3.32. The number of hydrogen-bond donors (Lipinski definition) is 0. The predicted octanol–water partition coefficient (Wildman–Crippen LogP) is 6.53. The molecule has 1 spiro atoms. The average molecular weight is 489 g/mol. The number of benzene rings is 4. The lowest BCUT2D eigenvalue weighted by Crippen LogP contribution is -2.54. The number of hydrazone groups is 2. The van der Waals surface area contributed by atoms with E-state index in [0.29, 0.717) is 5.04 Å². The quantitative estimate of drug-likeness (QED) is 0.328. The number of fused-ring (bicyclic) bond motifs is 2. The molecule has 0 saturated carbocycles. The molecule has 0 amide bonds. The monoisotopic (exact) mass is 488 g/mol. The van der Waals surface area contributed by atoms with Crippen LogP contribution in [0.1, 0.15) is 29.2 Å². The molecule has 176 valence electrons. The van der Waals surface area contributed by atoms with E-state index in [1.54, 1.807) is 6.92 Å². The molecule has 6 rings (SSSR count). The van der Waals surface area contributed by atoms with Crippen LogP contribution in [0.5, 0.6) is 0 Å². The Hall–Kier alpha value is -4.16. The van der Waals surface area contributed by atoms with Gasteiger partial charge in [0.15, 0.2) is 10.8 Å². The van der Waals surface area contributed by atoms with E-state index < -0.39 is 4.99 Å². The van der Waals surface area contributed by atoms with Crippen LogP contribution in [-0.2, 0) is 9.79 Å². The number of nitrogens with zero attached hydrogens (tertiary/aromatic N) is 4. The van der Waals surface area contributed by atoms with Crippen LogP contribution in [0.15, 0.2) is 119 Å². The molecule has 2 aliphatic rings. The number of rotatable bonds is 4. The van der Waals surface area contributed by atoms with Crippen molar-refractivity contribution >= 4 is 39.7 Å². The molecule has 6 heteroatoms. The van der Waals surface area contributed by atoms with Crippen molar-refractivity contribution in [2.45, 2.75) is 18.8 Å². The molecule has 1 atom stereocenters. The van der Waals surface area contributed by atoms with Crippen LogP contribution in [0, 0.1) is 6.92 Å². The van der Waals surface area contributed by atoms with Crippen LogP contribution in [-0.4, -0.2) is 16.5 Å². The Morgan fingerprint density at radius 3 is 1.89 bits per heavy atom. The fraction of sp³-hybridized carbons (Fsp3) is 0.100. The normalized spacial score (nSPS) is 18.6. The largest absolute Gasteiger partial charge is 0.292 e. The Kier molecular flexibility index (Phi) is 5.46. The highest BCUT2D eigenvalue weighted by Gasteiger charge is 2.55. The topological polar surface area (TPSA) is 48.3 Å². The Labute approximate surface area is 214 Å². The summed E-state index contributed by atoms with van der Waals surface area (Å²) in [7, 11) is 0. The standard InChI is InChI=1S/C30H24N4OS/c1-21-17-19-23(20-18-21)28-26-15-9-10-16-27(26)30(33(31-28)24-11-5-3-6-12-24)34(25-13-7-4-8-14-25)32-29(36-30)22(2)35/h3-20H,1-2H3/t30-/m1/s1. The predicted molar refractivity (Wildman–Crippen MR) is 148 cm³/mol. The van der Waals surface area contributed by atoms with E-state index in [4.69, 9.17) is 10.2 Å². The van der Waals surface area contributed by atoms with Gasteiger partial charge in [0.05, 0.1) is 17.1 Å². The van der Waals surface area contributed by atoms with E-state index in [1.807, 2.05) is 82.8 Å². The highest BCUT2D eigenvalue weighted by molar-refractivity contribution is 8.17. The van der Waals surface area contributed by atoms with E-state index in [0.717, 1.165) is 33.8 Å². The summed E-state index contributed by atoms with van der Waals surface area (Å²) in [6, 6.07) is 36.8. The third kappa shape index (κ3) is 3.53. The minimum atomic E-state index is -0.922. The van der Waals surface area contributed by atoms with Crippen molar-refractivity contribution in [2.75, 3.05) is 10.0 Å². The van der Waals surface area contributed by atoms with Crippen molar-refractivity contribution in [3.05, 3.63) is 131 Å². The van der Waals surface area contributed by atoms with Gasteiger partial charge < -0.3 is 0 Å². The number of aryl methyl sites for hydroxylation is 1. The molecule has 0 radical (unpaired) electrons. The molecule has 2 aliphatic heterocycles. The molecular weight excluding hydrogens is 464 g/mol. The Balaban J connectivity index is 1.66. The summed E-state index contributed by atoms with van der Waals surface area (Å²) in [6.45, 7) is 3.65. The summed E-state index contributed by atoms with van der Waals surface area (Å²) in [5.41, 5.74) is 6.93. The summed E-state index contributed by atoms with van der Waals surface area (Å²) in [5, 5.41) is 14.6. The van der Waals surface area contributed by atoms with E-state index >= 15 is 0 Å². The first-order valence-corrected chi connectivity index (χ1v) is 12.6. The number of para-hydroxylation sites is 2. The first-order valence-electron chi connectivity index (χ1n) is 11.8.